The summed E-state index contributed by atoms with van der Waals surface area (Å²) in [5, 5.41) is 11.5. The van der Waals surface area contributed by atoms with E-state index in [4.69, 9.17) is 5.11 Å². The lowest BCUT2D eigenvalue weighted by Gasteiger charge is -2.18. The van der Waals surface area contributed by atoms with Gasteiger partial charge in [-0.1, -0.05) is 0 Å². The van der Waals surface area contributed by atoms with Crippen molar-refractivity contribution in [3.8, 4) is 0 Å². The molecular formula is C13H18N2O5S. The van der Waals surface area contributed by atoms with Gasteiger partial charge in [-0.25, -0.2) is 13.1 Å². The number of hydrogen-bond acceptors (Lipinski definition) is 4. The van der Waals surface area contributed by atoms with Crippen LogP contribution in [0, 0.1) is 5.41 Å². The zero-order chi connectivity index (χ0) is 16.3. The van der Waals surface area contributed by atoms with E-state index >= 15 is 0 Å². The molecule has 8 heteroatoms. The molecule has 21 heavy (non-hydrogen) atoms. The minimum Gasteiger partial charge on any atom is -0.481 e. The number of carboxylic acids is 1. The highest BCUT2D eigenvalue weighted by atomic mass is 32.2. The predicted molar refractivity (Wildman–Crippen MR) is 77.4 cm³/mol. The average molecular weight is 314 g/mol. The Morgan fingerprint density at radius 3 is 2.14 bits per heavy atom. The van der Waals surface area contributed by atoms with Crippen LogP contribution in [-0.4, -0.2) is 32.4 Å². The van der Waals surface area contributed by atoms with Crippen molar-refractivity contribution in [1.82, 2.24) is 4.72 Å². The molecule has 0 aliphatic heterocycles. The number of carbonyl (C=O) groups is 2. The van der Waals surface area contributed by atoms with Gasteiger partial charge in [0, 0.05) is 12.1 Å². The van der Waals surface area contributed by atoms with E-state index in [9.17, 15) is 18.0 Å². The molecular weight excluding hydrogens is 296 g/mol. The molecule has 0 saturated heterocycles. The van der Waals surface area contributed by atoms with Crippen molar-refractivity contribution in [2.75, 3.05) is 12.4 Å². The van der Waals surface area contributed by atoms with Crippen LogP contribution in [0.3, 0.4) is 0 Å². The van der Waals surface area contributed by atoms with Gasteiger partial charge in [-0.05, 0) is 45.2 Å². The largest absolute Gasteiger partial charge is 0.481 e. The molecule has 0 spiro atoms. The fraction of sp³-hybridized carbons (Fsp3) is 0.385. The van der Waals surface area contributed by atoms with Crippen LogP contribution < -0.4 is 10.0 Å². The second-order valence-electron chi connectivity index (χ2n) is 5.15. The Kier molecular flexibility index (Phi) is 5.08. The number of amides is 1. The number of carbonyl (C=O) groups excluding carboxylic acids is 1. The summed E-state index contributed by atoms with van der Waals surface area (Å²) in [5.41, 5.74) is -0.768. The first-order valence-electron chi connectivity index (χ1n) is 6.15. The Balaban J connectivity index is 2.77. The van der Waals surface area contributed by atoms with Gasteiger partial charge >= 0.3 is 5.97 Å². The van der Waals surface area contributed by atoms with Gasteiger partial charge < -0.3 is 10.4 Å². The first-order valence-corrected chi connectivity index (χ1v) is 7.64. The van der Waals surface area contributed by atoms with Crippen molar-refractivity contribution >= 4 is 27.6 Å². The van der Waals surface area contributed by atoms with Crippen molar-refractivity contribution in [2.24, 2.45) is 5.41 Å². The number of benzene rings is 1. The maximum atomic E-state index is 11.8. The Bertz CT molecular complexity index is 635. The van der Waals surface area contributed by atoms with Crippen LogP contribution in [0.1, 0.15) is 20.3 Å². The molecule has 0 aliphatic rings. The predicted octanol–water partition coefficient (Wildman–Crippen LogP) is 1.03. The van der Waals surface area contributed by atoms with Crippen LogP contribution in [-0.2, 0) is 19.6 Å². The smallest absolute Gasteiger partial charge is 0.309 e. The summed E-state index contributed by atoms with van der Waals surface area (Å²) in [4.78, 5) is 22.8. The van der Waals surface area contributed by atoms with Gasteiger partial charge in [-0.3, -0.25) is 9.59 Å². The minimum absolute atomic E-state index is 0.0777. The lowest BCUT2D eigenvalue weighted by molar-refractivity contribution is -0.148. The van der Waals surface area contributed by atoms with E-state index in [0.717, 1.165) is 0 Å². The number of hydrogen-bond donors (Lipinski definition) is 3. The molecule has 1 aromatic rings. The fourth-order valence-corrected chi connectivity index (χ4v) is 2.25. The molecule has 0 aliphatic carbocycles. The van der Waals surface area contributed by atoms with Gasteiger partial charge in [0.05, 0.1) is 10.3 Å². The fourth-order valence-electron chi connectivity index (χ4n) is 1.52. The summed E-state index contributed by atoms with van der Waals surface area (Å²) in [6, 6.07) is 5.58. The Labute approximate surface area is 123 Å². The SMILES string of the molecule is CNS(=O)(=O)c1ccc(NC(=O)CC(C)(C)C(=O)O)cc1. The number of sulfonamides is 1. The third-order valence-corrected chi connectivity index (χ3v) is 4.33. The number of carboxylic acid groups (broad SMARTS) is 1. The van der Waals surface area contributed by atoms with Crippen molar-refractivity contribution in [1.29, 1.82) is 0 Å². The second-order valence-corrected chi connectivity index (χ2v) is 7.03. The quantitative estimate of drug-likeness (QED) is 0.726. The van der Waals surface area contributed by atoms with E-state index in [1.807, 2.05) is 0 Å². The van der Waals surface area contributed by atoms with Gasteiger partial charge in [0.1, 0.15) is 0 Å². The summed E-state index contributed by atoms with van der Waals surface area (Å²) in [6.45, 7) is 2.91. The zero-order valence-corrected chi connectivity index (χ0v) is 12.8. The molecule has 1 rings (SSSR count). The zero-order valence-electron chi connectivity index (χ0n) is 12.0. The molecule has 0 heterocycles. The first-order chi connectivity index (χ1) is 9.58. The second kappa shape index (κ2) is 6.23. The van der Waals surface area contributed by atoms with Crippen LogP contribution in [0.5, 0.6) is 0 Å². The summed E-state index contributed by atoms with van der Waals surface area (Å²) in [7, 11) is -2.22. The van der Waals surface area contributed by atoms with Crippen molar-refractivity contribution in [3.05, 3.63) is 24.3 Å². The highest BCUT2D eigenvalue weighted by Gasteiger charge is 2.30. The van der Waals surface area contributed by atoms with Crippen molar-refractivity contribution in [2.45, 2.75) is 25.2 Å². The summed E-state index contributed by atoms with van der Waals surface area (Å²) in [5.74, 6) is -1.51. The van der Waals surface area contributed by atoms with Crippen LogP contribution in [0.2, 0.25) is 0 Å². The van der Waals surface area contributed by atoms with Gasteiger partial charge in [-0.15, -0.1) is 0 Å². The Hall–Kier alpha value is -1.93. The Morgan fingerprint density at radius 1 is 1.19 bits per heavy atom. The topological polar surface area (TPSA) is 113 Å². The number of rotatable bonds is 6. The summed E-state index contributed by atoms with van der Waals surface area (Å²) < 4.78 is 25.2. The molecule has 7 nitrogen and oxygen atoms in total. The van der Waals surface area contributed by atoms with Crippen molar-refractivity contribution < 1.29 is 23.1 Å². The van der Waals surface area contributed by atoms with Gasteiger partial charge in [-0.2, -0.15) is 0 Å². The molecule has 0 fully saturated rings. The number of aliphatic carboxylic acids is 1. The van der Waals surface area contributed by atoms with E-state index in [-0.39, 0.29) is 11.3 Å². The molecule has 1 aromatic carbocycles. The highest BCUT2D eigenvalue weighted by Crippen LogP contribution is 2.21. The molecule has 3 N–H and O–H groups in total. The lowest BCUT2D eigenvalue weighted by atomic mass is 9.89. The number of anilines is 1. The van der Waals surface area contributed by atoms with Gasteiger partial charge in [0.2, 0.25) is 15.9 Å². The summed E-state index contributed by atoms with van der Waals surface area (Å²) in [6.07, 6.45) is -0.182. The third-order valence-electron chi connectivity index (χ3n) is 2.90. The van der Waals surface area contributed by atoms with Crippen LogP contribution in [0.4, 0.5) is 5.69 Å². The normalized spacial score (nSPS) is 12.0. The molecule has 0 radical (unpaired) electrons. The van der Waals surface area contributed by atoms with Crippen LogP contribution >= 0.6 is 0 Å². The van der Waals surface area contributed by atoms with E-state index in [1.165, 1.54) is 45.2 Å². The Morgan fingerprint density at radius 2 is 1.71 bits per heavy atom. The molecule has 0 aromatic heterocycles. The maximum absolute atomic E-state index is 11.8. The van der Waals surface area contributed by atoms with Gasteiger partial charge in [0.25, 0.3) is 0 Å². The molecule has 116 valence electrons. The van der Waals surface area contributed by atoms with Crippen molar-refractivity contribution in [3.63, 3.8) is 0 Å². The molecule has 0 unspecified atom stereocenters. The van der Waals surface area contributed by atoms with E-state index in [2.05, 4.69) is 10.0 Å². The van der Waals surface area contributed by atoms with E-state index < -0.39 is 27.3 Å². The first kappa shape index (κ1) is 17.1. The van der Waals surface area contributed by atoms with E-state index in [1.54, 1.807) is 0 Å². The minimum atomic E-state index is -3.52. The average Bonchev–Trinajstić information content (AvgIpc) is 2.38. The van der Waals surface area contributed by atoms with Crippen LogP contribution in [0.15, 0.2) is 29.2 Å². The maximum Gasteiger partial charge on any atom is 0.309 e. The van der Waals surface area contributed by atoms with E-state index in [0.29, 0.717) is 5.69 Å². The van der Waals surface area contributed by atoms with Gasteiger partial charge in [0.15, 0.2) is 0 Å². The lowest BCUT2D eigenvalue weighted by Crippen LogP contribution is -2.29. The monoisotopic (exact) mass is 314 g/mol. The summed E-state index contributed by atoms with van der Waals surface area (Å²) >= 11 is 0. The van der Waals surface area contributed by atoms with Crippen LogP contribution in [0.25, 0.3) is 0 Å². The molecule has 0 bridgehead atoms. The third kappa shape index (κ3) is 4.54. The highest BCUT2D eigenvalue weighted by molar-refractivity contribution is 7.89. The standard InChI is InChI=1S/C13H18N2O5S/c1-13(2,12(17)18)8-11(16)15-9-4-6-10(7-5-9)21(19,20)14-3/h4-7,14H,8H2,1-3H3,(H,15,16)(H,17,18). The molecule has 1 amide bonds. The molecule has 0 saturated carbocycles. The number of nitrogens with one attached hydrogen (secondary N) is 2. The molecule has 0 atom stereocenters.